The third kappa shape index (κ3) is 5.34. The van der Waals surface area contributed by atoms with Gasteiger partial charge in [-0.1, -0.05) is 13.8 Å². The summed E-state index contributed by atoms with van der Waals surface area (Å²) in [5.74, 6) is 1.15. The van der Waals surface area contributed by atoms with Gasteiger partial charge < -0.3 is 14.8 Å². The molecule has 0 fully saturated rings. The highest BCUT2D eigenvalue weighted by Gasteiger charge is 2.21. The van der Waals surface area contributed by atoms with Gasteiger partial charge in [0.1, 0.15) is 6.10 Å². The zero-order chi connectivity index (χ0) is 15.8. The van der Waals surface area contributed by atoms with E-state index in [-0.39, 0.29) is 6.10 Å². The average Bonchev–Trinajstić information content (AvgIpc) is 2.42. The fraction of sp³-hybridized carbons (Fsp3) is 0.750. The molecule has 1 N–H and O–H groups in total. The van der Waals surface area contributed by atoms with Crippen LogP contribution in [0.3, 0.4) is 0 Å². The molecule has 0 saturated carbocycles. The summed E-state index contributed by atoms with van der Waals surface area (Å²) in [4.78, 5) is 9.33. The maximum atomic E-state index is 5.80. The number of aryl methyl sites for hydroxylation is 2. The summed E-state index contributed by atoms with van der Waals surface area (Å²) in [6.45, 7) is 13.3. The van der Waals surface area contributed by atoms with Crippen LogP contribution < -0.4 is 5.32 Å². The Hall–Kier alpha value is -1.04. The number of nitrogens with one attached hydrogen (secondary N) is 1. The predicted octanol–water partition coefficient (Wildman–Crippen LogP) is 2.56. The summed E-state index contributed by atoms with van der Waals surface area (Å²) in [6, 6.07) is 0. The van der Waals surface area contributed by atoms with E-state index in [2.05, 4.69) is 29.1 Å². The van der Waals surface area contributed by atoms with Crippen LogP contribution in [0.25, 0.3) is 0 Å². The van der Waals surface area contributed by atoms with Crippen molar-refractivity contribution in [3.63, 3.8) is 0 Å². The van der Waals surface area contributed by atoms with Gasteiger partial charge >= 0.3 is 0 Å². The minimum atomic E-state index is -0.0390. The molecule has 0 spiro atoms. The molecule has 0 bridgehead atoms. The monoisotopic (exact) mass is 295 g/mol. The number of hydrogen-bond donors (Lipinski definition) is 1. The standard InChI is InChI=1S/C16H29N3O2/c1-7-21-15(11(2)3)16-18-12(4)14(13(5)19-16)10-17-8-9-20-6/h11,15,17H,7-10H2,1-6H3. The molecule has 0 aliphatic carbocycles. The van der Waals surface area contributed by atoms with E-state index in [0.29, 0.717) is 19.1 Å². The first-order valence-electron chi connectivity index (χ1n) is 7.66. The molecular formula is C16H29N3O2. The van der Waals surface area contributed by atoms with Crippen molar-refractivity contribution in [1.82, 2.24) is 15.3 Å². The van der Waals surface area contributed by atoms with E-state index in [4.69, 9.17) is 9.47 Å². The van der Waals surface area contributed by atoms with Crippen LogP contribution in [0.5, 0.6) is 0 Å². The zero-order valence-electron chi connectivity index (χ0n) is 14.2. The molecule has 1 unspecified atom stereocenters. The van der Waals surface area contributed by atoms with Gasteiger partial charge in [0.2, 0.25) is 0 Å². The summed E-state index contributed by atoms with van der Waals surface area (Å²) >= 11 is 0. The van der Waals surface area contributed by atoms with E-state index in [1.54, 1.807) is 7.11 Å². The highest BCUT2D eigenvalue weighted by atomic mass is 16.5. The van der Waals surface area contributed by atoms with Gasteiger partial charge in [0.05, 0.1) is 6.61 Å². The van der Waals surface area contributed by atoms with Crippen LogP contribution in [0.15, 0.2) is 0 Å². The van der Waals surface area contributed by atoms with Gasteiger partial charge in [0, 0.05) is 43.8 Å². The first-order chi connectivity index (χ1) is 10.0. The molecule has 0 aliphatic rings. The normalized spacial score (nSPS) is 12.9. The second-order valence-electron chi connectivity index (χ2n) is 5.52. The number of hydrogen-bond acceptors (Lipinski definition) is 5. The van der Waals surface area contributed by atoms with Gasteiger partial charge in [0.25, 0.3) is 0 Å². The van der Waals surface area contributed by atoms with Crippen LogP contribution >= 0.6 is 0 Å². The van der Waals surface area contributed by atoms with Crippen molar-refractivity contribution in [3.05, 3.63) is 22.8 Å². The summed E-state index contributed by atoms with van der Waals surface area (Å²) in [5, 5.41) is 3.34. The third-order valence-electron chi connectivity index (χ3n) is 3.43. The smallest absolute Gasteiger partial charge is 0.157 e. The second-order valence-corrected chi connectivity index (χ2v) is 5.52. The van der Waals surface area contributed by atoms with Crippen molar-refractivity contribution in [1.29, 1.82) is 0 Å². The summed E-state index contributed by atoms with van der Waals surface area (Å²) < 4.78 is 10.8. The van der Waals surface area contributed by atoms with Gasteiger partial charge in [-0.15, -0.1) is 0 Å². The number of rotatable bonds is 9. The molecule has 0 aromatic carbocycles. The molecule has 0 saturated heterocycles. The second kappa shape index (κ2) is 9.07. The van der Waals surface area contributed by atoms with Crippen molar-refractivity contribution >= 4 is 0 Å². The average molecular weight is 295 g/mol. The zero-order valence-corrected chi connectivity index (χ0v) is 14.2. The topological polar surface area (TPSA) is 56.3 Å². The minimum absolute atomic E-state index is 0.0390. The van der Waals surface area contributed by atoms with E-state index in [0.717, 1.165) is 35.9 Å². The van der Waals surface area contributed by atoms with Gasteiger partial charge in [0.15, 0.2) is 5.82 Å². The molecular weight excluding hydrogens is 266 g/mol. The molecule has 1 heterocycles. The largest absolute Gasteiger partial charge is 0.383 e. The van der Waals surface area contributed by atoms with Gasteiger partial charge in [-0.3, -0.25) is 0 Å². The molecule has 1 aromatic rings. The quantitative estimate of drug-likeness (QED) is 0.710. The minimum Gasteiger partial charge on any atom is -0.383 e. The van der Waals surface area contributed by atoms with E-state index in [1.165, 1.54) is 0 Å². The number of nitrogens with zero attached hydrogens (tertiary/aromatic N) is 2. The maximum absolute atomic E-state index is 5.80. The molecule has 120 valence electrons. The lowest BCUT2D eigenvalue weighted by atomic mass is 10.1. The Morgan fingerprint density at radius 2 is 1.76 bits per heavy atom. The summed E-state index contributed by atoms with van der Waals surface area (Å²) in [5.41, 5.74) is 3.20. The number of ether oxygens (including phenoxy) is 2. The van der Waals surface area contributed by atoms with Crippen LogP contribution in [0.2, 0.25) is 0 Å². The van der Waals surface area contributed by atoms with Crippen molar-refractivity contribution in [2.24, 2.45) is 5.92 Å². The van der Waals surface area contributed by atoms with Crippen molar-refractivity contribution in [3.8, 4) is 0 Å². The van der Waals surface area contributed by atoms with E-state index >= 15 is 0 Å². The van der Waals surface area contributed by atoms with E-state index < -0.39 is 0 Å². The van der Waals surface area contributed by atoms with E-state index in [1.807, 2.05) is 20.8 Å². The maximum Gasteiger partial charge on any atom is 0.157 e. The molecule has 0 aliphatic heterocycles. The van der Waals surface area contributed by atoms with Gasteiger partial charge in [-0.25, -0.2) is 9.97 Å². The van der Waals surface area contributed by atoms with Crippen molar-refractivity contribution in [2.45, 2.75) is 47.3 Å². The molecule has 21 heavy (non-hydrogen) atoms. The molecule has 0 amide bonds. The van der Waals surface area contributed by atoms with Crippen LogP contribution in [0.1, 0.15) is 49.7 Å². The highest BCUT2D eigenvalue weighted by Crippen LogP contribution is 2.24. The number of methoxy groups -OCH3 is 1. The van der Waals surface area contributed by atoms with Crippen LogP contribution in [0, 0.1) is 19.8 Å². The Bertz CT molecular complexity index is 413. The Labute approximate surface area is 128 Å². The number of aromatic nitrogens is 2. The fourth-order valence-corrected chi connectivity index (χ4v) is 2.28. The first kappa shape index (κ1) is 18.0. The Morgan fingerprint density at radius 1 is 1.14 bits per heavy atom. The molecule has 1 rings (SSSR count). The summed E-state index contributed by atoms with van der Waals surface area (Å²) in [6.07, 6.45) is -0.0390. The molecule has 1 atom stereocenters. The van der Waals surface area contributed by atoms with Crippen molar-refractivity contribution in [2.75, 3.05) is 26.9 Å². The fourth-order valence-electron chi connectivity index (χ4n) is 2.28. The molecule has 5 nitrogen and oxygen atoms in total. The molecule has 0 radical (unpaired) electrons. The van der Waals surface area contributed by atoms with Crippen molar-refractivity contribution < 1.29 is 9.47 Å². The molecule has 5 heteroatoms. The SMILES string of the molecule is CCOC(c1nc(C)c(CNCCOC)c(C)n1)C(C)C. The third-order valence-corrected chi connectivity index (χ3v) is 3.43. The lowest BCUT2D eigenvalue weighted by molar-refractivity contribution is 0.0229. The Balaban J connectivity index is 2.87. The highest BCUT2D eigenvalue weighted by molar-refractivity contribution is 5.24. The first-order valence-corrected chi connectivity index (χ1v) is 7.66. The van der Waals surface area contributed by atoms with Gasteiger partial charge in [-0.2, -0.15) is 0 Å². The summed E-state index contributed by atoms with van der Waals surface area (Å²) in [7, 11) is 1.70. The van der Waals surface area contributed by atoms with E-state index in [9.17, 15) is 0 Å². The van der Waals surface area contributed by atoms with Crippen LogP contribution in [0.4, 0.5) is 0 Å². The van der Waals surface area contributed by atoms with Crippen LogP contribution in [-0.4, -0.2) is 36.8 Å². The Morgan fingerprint density at radius 3 is 2.24 bits per heavy atom. The van der Waals surface area contributed by atoms with Crippen LogP contribution in [-0.2, 0) is 16.0 Å². The lowest BCUT2D eigenvalue weighted by Gasteiger charge is -2.21. The lowest BCUT2D eigenvalue weighted by Crippen LogP contribution is -2.22. The predicted molar refractivity (Wildman–Crippen MR) is 84.3 cm³/mol. The molecule has 1 aromatic heterocycles. The van der Waals surface area contributed by atoms with Gasteiger partial charge in [-0.05, 0) is 26.7 Å². The Kier molecular flexibility index (Phi) is 7.78.